The number of pyridine rings is 1. The summed E-state index contributed by atoms with van der Waals surface area (Å²) < 4.78 is 51.4. The summed E-state index contributed by atoms with van der Waals surface area (Å²) in [5.41, 5.74) is -1.40. The zero-order valence-corrected chi connectivity index (χ0v) is 11.7. The molecule has 0 bridgehead atoms. The van der Waals surface area contributed by atoms with Crippen molar-refractivity contribution in [3.05, 3.63) is 64.2 Å². The van der Waals surface area contributed by atoms with Crippen molar-refractivity contribution in [3.63, 3.8) is 0 Å². The molecule has 0 saturated carbocycles. The van der Waals surface area contributed by atoms with Crippen LogP contribution in [-0.4, -0.2) is 10.9 Å². The Bertz CT molecular complexity index is 703. The van der Waals surface area contributed by atoms with Gasteiger partial charge in [-0.25, -0.2) is 4.39 Å². The van der Waals surface area contributed by atoms with Gasteiger partial charge in [-0.15, -0.1) is 0 Å². The predicted molar refractivity (Wildman–Crippen MR) is 71.8 cm³/mol. The Morgan fingerprint density at radius 1 is 1.23 bits per heavy atom. The Balaban J connectivity index is 2.17. The van der Waals surface area contributed by atoms with Crippen LogP contribution in [0, 0.1) is 5.82 Å². The number of hydrogen-bond acceptors (Lipinski definition) is 2. The standard InChI is InChI=1S/C14H9ClF4N2O/c15-9-3-4-20-12(5-9)13(22)21-7-8-1-2-10(16)6-11(8)14(17,18)19/h1-6H,7H2,(H,21,22). The molecule has 0 atom stereocenters. The minimum Gasteiger partial charge on any atom is -0.347 e. The molecule has 1 aromatic heterocycles. The third-order valence-corrected chi connectivity index (χ3v) is 3.01. The van der Waals surface area contributed by atoms with E-state index in [2.05, 4.69) is 10.3 Å². The molecule has 0 aliphatic rings. The van der Waals surface area contributed by atoms with E-state index in [4.69, 9.17) is 11.6 Å². The molecule has 0 aliphatic carbocycles. The molecule has 116 valence electrons. The normalized spacial score (nSPS) is 11.3. The summed E-state index contributed by atoms with van der Waals surface area (Å²) in [6.45, 7) is -0.415. The Morgan fingerprint density at radius 2 is 1.95 bits per heavy atom. The summed E-state index contributed by atoms with van der Waals surface area (Å²) in [5, 5.41) is 2.57. The molecule has 0 saturated heterocycles. The third-order valence-electron chi connectivity index (χ3n) is 2.77. The van der Waals surface area contributed by atoms with Crippen LogP contribution in [0.15, 0.2) is 36.5 Å². The van der Waals surface area contributed by atoms with Gasteiger partial charge in [-0.3, -0.25) is 9.78 Å². The average molecular weight is 333 g/mol. The van der Waals surface area contributed by atoms with Crippen LogP contribution in [0.1, 0.15) is 21.6 Å². The molecule has 1 aromatic carbocycles. The minimum absolute atomic E-state index is 0.0248. The van der Waals surface area contributed by atoms with Gasteiger partial charge in [-0.05, 0) is 29.8 Å². The molecule has 0 spiro atoms. The second-order valence-electron chi connectivity index (χ2n) is 4.34. The highest BCUT2D eigenvalue weighted by Crippen LogP contribution is 2.32. The number of aromatic nitrogens is 1. The maximum absolute atomic E-state index is 13.0. The van der Waals surface area contributed by atoms with Gasteiger partial charge in [-0.2, -0.15) is 13.2 Å². The Kier molecular flexibility index (Phi) is 4.65. The van der Waals surface area contributed by atoms with Crippen molar-refractivity contribution in [2.24, 2.45) is 0 Å². The maximum atomic E-state index is 13.0. The molecule has 2 aromatic rings. The van der Waals surface area contributed by atoms with Gasteiger partial charge in [0.25, 0.3) is 5.91 Å². The molecule has 1 heterocycles. The smallest absolute Gasteiger partial charge is 0.347 e. The van der Waals surface area contributed by atoms with Crippen LogP contribution in [0.3, 0.4) is 0 Å². The third kappa shape index (κ3) is 3.94. The molecule has 0 aliphatic heterocycles. The highest BCUT2D eigenvalue weighted by atomic mass is 35.5. The van der Waals surface area contributed by atoms with Crippen molar-refractivity contribution < 1.29 is 22.4 Å². The van der Waals surface area contributed by atoms with Crippen molar-refractivity contribution in [2.45, 2.75) is 12.7 Å². The Labute approximate surface area is 127 Å². The molecule has 22 heavy (non-hydrogen) atoms. The molecule has 1 amide bonds. The Hall–Kier alpha value is -2.15. The number of hydrogen-bond donors (Lipinski definition) is 1. The fraction of sp³-hybridized carbons (Fsp3) is 0.143. The van der Waals surface area contributed by atoms with Crippen molar-refractivity contribution in [1.29, 1.82) is 0 Å². The summed E-state index contributed by atoms with van der Waals surface area (Å²) in [4.78, 5) is 15.6. The monoisotopic (exact) mass is 332 g/mol. The molecule has 0 radical (unpaired) electrons. The fourth-order valence-electron chi connectivity index (χ4n) is 1.76. The summed E-state index contributed by atoms with van der Waals surface area (Å²) in [5.74, 6) is -1.68. The maximum Gasteiger partial charge on any atom is 0.416 e. The van der Waals surface area contributed by atoms with E-state index in [9.17, 15) is 22.4 Å². The van der Waals surface area contributed by atoms with Crippen LogP contribution >= 0.6 is 11.6 Å². The zero-order chi connectivity index (χ0) is 16.3. The summed E-state index contributed by atoms with van der Waals surface area (Å²) in [6, 6.07) is 5.00. The van der Waals surface area contributed by atoms with Gasteiger partial charge in [0.05, 0.1) is 5.56 Å². The number of rotatable bonds is 3. The summed E-state index contributed by atoms with van der Waals surface area (Å²) in [6.07, 6.45) is -3.41. The lowest BCUT2D eigenvalue weighted by Crippen LogP contribution is -2.25. The van der Waals surface area contributed by atoms with E-state index in [-0.39, 0.29) is 16.3 Å². The molecular weight excluding hydrogens is 324 g/mol. The van der Waals surface area contributed by atoms with Gasteiger partial charge >= 0.3 is 6.18 Å². The van der Waals surface area contributed by atoms with Crippen molar-refractivity contribution >= 4 is 17.5 Å². The van der Waals surface area contributed by atoms with Crippen LogP contribution in [-0.2, 0) is 12.7 Å². The van der Waals surface area contributed by atoms with E-state index in [1.54, 1.807) is 0 Å². The lowest BCUT2D eigenvalue weighted by Gasteiger charge is -2.13. The average Bonchev–Trinajstić information content (AvgIpc) is 2.44. The first kappa shape index (κ1) is 16.2. The van der Waals surface area contributed by atoms with Gasteiger partial charge in [0.1, 0.15) is 11.5 Å². The first-order valence-electron chi connectivity index (χ1n) is 6.03. The first-order chi connectivity index (χ1) is 10.3. The Morgan fingerprint density at radius 3 is 2.59 bits per heavy atom. The largest absolute Gasteiger partial charge is 0.416 e. The van der Waals surface area contributed by atoms with E-state index in [0.717, 1.165) is 12.1 Å². The van der Waals surface area contributed by atoms with Crippen molar-refractivity contribution in [2.75, 3.05) is 0 Å². The van der Waals surface area contributed by atoms with Crippen LogP contribution in [0.2, 0.25) is 5.02 Å². The molecule has 8 heteroatoms. The van der Waals surface area contributed by atoms with Gasteiger partial charge < -0.3 is 5.32 Å². The topological polar surface area (TPSA) is 42.0 Å². The number of nitrogens with one attached hydrogen (secondary N) is 1. The van der Waals surface area contributed by atoms with Crippen molar-refractivity contribution in [1.82, 2.24) is 10.3 Å². The van der Waals surface area contributed by atoms with E-state index in [1.165, 1.54) is 18.3 Å². The molecule has 3 nitrogen and oxygen atoms in total. The number of nitrogens with zero attached hydrogens (tertiary/aromatic N) is 1. The van der Waals surface area contributed by atoms with Gasteiger partial charge in [0.15, 0.2) is 0 Å². The number of halogens is 5. The number of alkyl halides is 3. The number of carbonyl (C=O) groups is 1. The number of benzene rings is 1. The van der Waals surface area contributed by atoms with E-state index >= 15 is 0 Å². The minimum atomic E-state index is -4.71. The van der Waals surface area contributed by atoms with E-state index in [0.29, 0.717) is 6.07 Å². The molecule has 2 rings (SSSR count). The molecular formula is C14H9ClF4N2O. The second kappa shape index (κ2) is 6.31. The quantitative estimate of drug-likeness (QED) is 0.868. The van der Waals surface area contributed by atoms with Gasteiger partial charge in [0.2, 0.25) is 0 Å². The van der Waals surface area contributed by atoms with E-state index < -0.39 is 30.0 Å². The highest BCUT2D eigenvalue weighted by molar-refractivity contribution is 6.30. The second-order valence-corrected chi connectivity index (χ2v) is 4.78. The summed E-state index contributed by atoms with van der Waals surface area (Å²) >= 11 is 5.70. The predicted octanol–water partition coefficient (Wildman–Crippen LogP) is 3.82. The van der Waals surface area contributed by atoms with Gasteiger partial charge in [-0.1, -0.05) is 17.7 Å². The van der Waals surface area contributed by atoms with E-state index in [1.807, 2.05) is 0 Å². The molecule has 0 unspecified atom stereocenters. The van der Waals surface area contributed by atoms with Crippen molar-refractivity contribution in [3.8, 4) is 0 Å². The fourth-order valence-corrected chi connectivity index (χ4v) is 1.92. The lowest BCUT2D eigenvalue weighted by molar-refractivity contribution is -0.138. The molecule has 0 fully saturated rings. The number of amides is 1. The van der Waals surface area contributed by atoms with Crippen LogP contribution in [0.5, 0.6) is 0 Å². The van der Waals surface area contributed by atoms with Gasteiger partial charge in [0, 0.05) is 17.8 Å². The first-order valence-corrected chi connectivity index (χ1v) is 6.40. The lowest BCUT2D eigenvalue weighted by atomic mass is 10.1. The molecule has 1 N–H and O–H groups in total. The number of carbonyl (C=O) groups excluding carboxylic acids is 1. The van der Waals surface area contributed by atoms with Crippen LogP contribution in [0.4, 0.5) is 17.6 Å². The van der Waals surface area contributed by atoms with Crippen LogP contribution < -0.4 is 5.32 Å². The zero-order valence-electron chi connectivity index (χ0n) is 10.9. The summed E-state index contributed by atoms with van der Waals surface area (Å²) in [7, 11) is 0. The SMILES string of the molecule is O=C(NCc1ccc(F)cc1C(F)(F)F)c1cc(Cl)ccn1. The highest BCUT2D eigenvalue weighted by Gasteiger charge is 2.33. The van der Waals surface area contributed by atoms with Crippen LogP contribution in [0.25, 0.3) is 0 Å².